The Morgan fingerprint density at radius 1 is 1.20 bits per heavy atom. The van der Waals surface area contributed by atoms with Crippen LogP contribution in [0.15, 0.2) is 60.0 Å². The molecule has 4 aromatic rings. The van der Waals surface area contributed by atoms with E-state index in [0.717, 1.165) is 16.2 Å². The second-order valence-electron chi connectivity index (χ2n) is 6.19. The first-order valence-corrected chi connectivity index (χ1v) is 10.1. The van der Waals surface area contributed by atoms with Gasteiger partial charge >= 0.3 is 0 Å². The van der Waals surface area contributed by atoms with Crippen molar-refractivity contribution < 1.29 is 14.3 Å². The molecular weight excluding hydrogens is 402 g/mol. The highest BCUT2D eigenvalue weighted by Crippen LogP contribution is 2.23. The number of ether oxygens (including phenoxy) is 2. The van der Waals surface area contributed by atoms with Crippen LogP contribution in [-0.2, 0) is 4.79 Å². The number of nitrogens with zero attached hydrogens (tertiary/aromatic N) is 4. The highest BCUT2D eigenvalue weighted by molar-refractivity contribution is 7.10. The van der Waals surface area contributed by atoms with E-state index in [1.165, 1.54) is 6.08 Å². The van der Waals surface area contributed by atoms with E-state index in [2.05, 4.69) is 20.6 Å². The fourth-order valence-corrected chi connectivity index (χ4v) is 3.34. The van der Waals surface area contributed by atoms with Gasteiger partial charge in [-0.15, -0.1) is 26.6 Å². The average molecular weight is 421 g/mol. The van der Waals surface area contributed by atoms with Crippen LogP contribution >= 0.6 is 11.3 Å². The SMILES string of the molecule is COc1cccc(-c2nnc3ccc(OCCNC(=O)/C=C/c4cccs4)nn23)c1. The molecule has 3 heterocycles. The lowest BCUT2D eigenvalue weighted by Crippen LogP contribution is -2.26. The molecule has 3 aromatic heterocycles. The molecule has 1 N–H and O–H groups in total. The van der Waals surface area contributed by atoms with Gasteiger partial charge in [0.05, 0.1) is 13.7 Å². The maximum atomic E-state index is 11.8. The molecule has 0 fully saturated rings. The van der Waals surface area contributed by atoms with Gasteiger partial charge in [-0.1, -0.05) is 18.2 Å². The molecule has 0 radical (unpaired) electrons. The fourth-order valence-electron chi connectivity index (χ4n) is 2.72. The number of nitrogens with one attached hydrogen (secondary N) is 1. The number of fused-ring (bicyclic) bond motifs is 1. The molecule has 30 heavy (non-hydrogen) atoms. The molecule has 0 saturated heterocycles. The lowest BCUT2D eigenvalue weighted by molar-refractivity contribution is -0.116. The van der Waals surface area contributed by atoms with Gasteiger partial charge in [0.2, 0.25) is 11.8 Å². The van der Waals surface area contributed by atoms with Gasteiger partial charge in [0.1, 0.15) is 12.4 Å². The minimum atomic E-state index is -0.172. The zero-order valence-electron chi connectivity index (χ0n) is 16.2. The Hall–Kier alpha value is -3.72. The maximum absolute atomic E-state index is 11.8. The van der Waals surface area contributed by atoms with Crippen LogP contribution in [0.1, 0.15) is 4.88 Å². The molecule has 1 amide bonds. The van der Waals surface area contributed by atoms with Gasteiger partial charge < -0.3 is 14.8 Å². The summed E-state index contributed by atoms with van der Waals surface area (Å²) in [6.07, 6.45) is 3.29. The third kappa shape index (κ3) is 4.64. The molecule has 0 atom stereocenters. The minimum absolute atomic E-state index is 0.172. The van der Waals surface area contributed by atoms with Gasteiger partial charge in [-0.25, -0.2) is 0 Å². The Bertz CT molecular complexity index is 1170. The Labute approximate surface area is 176 Å². The molecule has 9 heteroatoms. The lowest BCUT2D eigenvalue weighted by Gasteiger charge is -2.07. The highest BCUT2D eigenvalue weighted by atomic mass is 32.1. The number of rotatable bonds is 8. The van der Waals surface area contributed by atoms with E-state index >= 15 is 0 Å². The van der Waals surface area contributed by atoms with E-state index in [9.17, 15) is 4.79 Å². The van der Waals surface area contributed by atoms with E-state index in [-0.39, 0.29) is 12.5 Å². The van der Waals surface area contributed by atoms with Crippen molar-refractivity contribution >= 4 is 29.0 Å². The quantitative estimate of drug-likeness (QED) is 0.347. The third-order valence-electron chi connectivity index (χ3n) is 4.16. The summed E-state index contributed by atoms with van der Waals surface area (Å²) in [6, 6.07) is 14.9. The number of methoxy groups -OCH3 is 1. The van der Waals surface area contributed by atoms with Crippen molar-refractivity contribution in [3.8, 4) is 23.0 Å². The number of thiophene rings is 1. The Morgan fingerprint density at radius 2 is 2.13 bits per heavy atom. The van der Waals surface area contributed by atoms with E-state index in [1.807, 2.05) is 41.8 Å². The van der Waals surface area contributed by atoms with Crippen LogP contribution in [0.3, 0.4) is 0 Å². The first-order valence-electron chi connectivity index (χ1n) is 9.22. The molecule has 0 aliphatic rings. The molecule has 0 bridgehead atoms. The van der Waals surface area contributed by atoms with Crippen molar-refractivity contribution in [1.82, 2.24) is 25.1 Å². The Kier molecular flexibility index (Phi) is 6.00. The van der Waals surface area contributed by atoms with Gasteiger partial charge in [0, 0.05) is 22.6 Å². The van der Waals surface area contributed by atoms with Crippen molar-refractivity contribution in [1.29, 1.82) is 0 Å². The summed E-state index contributed by atoms with van der Waals surface area (Å²) in [5, 5.41) is 17.6. The van der Waals surface area contributed by atoms with Crippen molar-refractivity contribution in [3.63, 3.8) is 0 Å². The summed E-state index contributed by atoms with van der Waals surface area (Å²) in [6.45, 7) is 0.645. The topological polar surface area (TPSA) is 90.6 Å². The molecular formula is C21H19N5O3S. The predicted molar refractivity (Wildman–Crippen MR) is 115 cm³/mol. The van der Waals surface area contributed by atoms with Crippen molar-refractivity contribution in [2.75, 3.05) is 20.3 Å². The molecule has 8 nitrogen and oxygen atoms in total. The van der Waals surface area contributed by atoms with Gasteiger partial charge in [-0.2, -0.15) is 4.52 Å². The second-order valence-corrected chi connectivity index (χ2v) is 7.16. The normalized spacial score (nSPS) is 11.1. The van der Waals surface area contributed by atoms with Crippen LogP contribution in [-0.4, -0.2) is 46.0 Å². The molecule has 152 valence electrons. The van der Waals surface area contributed by atoms with Gasteiger partial charge in [0.25, 0.3) is 0 Å². The molecule has 0 aliphatic carbocycles. The van der Waals surface area contributed by atoms with E-state index in [4.69, 9.17) is 9.47 Å². The molecule has 4 rings (SSSR count). The summed E-state index contributed by atoms with van der Waals surface area (Å²) in [5.41, 5.74) is 1.43. The first kappa shape index (κ1) is 19.6. The molecule has 1 aromatic carbocycles. The maximum Gasteiger partial charge on any atom is 0.244 e. The van der Waals surface area contributed by atoms with Gasteiger partial charge in [0.15, 0.2) is 11.5 Å². The summed E-state index contributed by atoms with van der Waals surface area (Å²) < 4.78 is 12.6. The van der Waals surface area contributed by atoms with Crippen LogP contribution in [0.2, 0.25) is 0 Å². The highest BCUT2D eigenvalue weighted by Gasteiger charge is 2.11. The largest absolute Gasteiger partial charge is 0.497 e. The summed E-state index contributed by atoms with van der Waals surface area (Å²) in [5.74, 6) is 1.55. The Balaban J connectivity index is 1.37. The van der Waals surface area contributed by atoms with E-state index in [0.29, 0.717) is 23.9 Å². The van der Waals surface area contributed by atoms with Gasteiger partial charge in [-0.05, 0) is 35.7 Å². The average Bonchev–Trinajstić information content (AvgIpc) is 3.45. The fraction of sp³-hybridized carbons (Fsp3) is 0.143. The lowest BCUT2D eigenvalue weighted by atomic mass is 10.2. The number of carbonyl (C=O) groups is 1. The van der Waals surface area contributed by atoms with E-state index in [1.54, 1.807) is 41.2 Å². The molecule has 0 saturated carbocycles. The molecule has 0 unspecified atom stereocenters. The van der Waals surface area contributed by atoms with Crippen molar-refractivity contribution in [2.45, 2.75) is 0 Å². The monoisotopic (exact) mass is 421 g/mol. The predicted octanol–water partition coefficient (Wildman–Crippen LogP) is 3.07. The standard InChI is InChI=1S/C21H19N5O3S/c1-28-16-5-2-4-15(14-16)21-24-23-18-8-10-20(25-26(18)21)29-12-11-22-19(27)9-7-17-6-3-13-30-17/h2-10,13-14H,11-12H2,1H3,(H,22,27)/b9-7+. The van der Waals surface area contributed by atoms with Crippen molar-refractivity contribution in [2.24, 2.45) is 0 Å². The van der Waals surface area contributed by atoms with Crippen LogP contribution < -0.4 is 14.8 Å². The zero-order valence-corrected chi connectivity index (χ0v) is 17.0. The van der Waals surface area contributed by atoms with Crippen molar-refractivity contribution in [3.05, 3.63) is 64.9 Å². The number of hydrogen-bond acceptors (Lipinski definition) is 7. The first-order chi connectivity index (χ1) is 14.7. The Morgan fingerprint density at radius 3 is 2.97 bits per heavy atom. The zero-order chi connectivity index (χ0) is 20.8. The van der Waals surface area contributed by atoms with Gasteiger partial charge in [-0.3, -0.25) is 4.79 Å². The number of aromatic nitrogens is 4. The second kappa shape index (κ2) is 9.19. The van der Waals surface area contributed by atoms with Crippen LogP contribution in [0.4, 0.5) is 0 Å². The number of hydrogen-bond donors (Lipinski definition) is 1. The smallest absolute Gasteiger partial charge is 0.244 e. The van der Waals surface area contributed by atoms with Crippen LogP contribution in [0.5, 0.6) is 11.6 Å². The van der Waals surface area contributed by atoms with Crippen LogP contribution in [0.25, 0.3) is 23.1 Å². The summed E-state index contributed by atoms with van der Waals surface area (Å²) in [7, 11) is 1.61. The molecule has 0 aliphatic heterocycles. The third-order valence-corrected chi connectivity index (χ3v) is 5.00. The number of carbonyl (C=O) groups excluding carboxylic acids is 1. The number of amides is 1. The van der Waals surface area contributed by atoms with Crippen LogP contribution in [0, 0.1) is 0 Å². The molecule has 0 spiro atoms. The minimum Gasteiger partial charge on any atom is -0.497 e. The number of benzene rings is 1. The van der Waals surface area contributed by atoms with E-state index < -0.39 is 0 Å². The summed E-state index contributed by atoms with van der Waals surface area (Å²) in [4.78, 5) is 12.9. The summed E-state index contributed by atoms with van der Waals surface area (Å²) >= 11 is 1.57.